The monoisotopic (exact) mass is 383 g/mol. The number of fused-ring (bicyclic) bond motifs is 1. The SMILES string of the molecule is CC(C)c1cccc(O[C@@H]2CN(C(=O)c3ccc4c(c3)OCO4)CC[C@H]2O)c1. The smallest absolute Gasteiger partial charge is 0.254 e. The predicted octanol–water partition coefficient (Wildman–Crippen LogP) is 3.19. The summed E-state index contributed by atoms with van der Waals surface area (Å²) in [5, 5.41) is 10.4. The summed E-state index contributed by atoms with van der Waals surface area (Å²) >= 11 is 0. The minimum Gasteiger partial charge on any atom is -0.486 e. The minimum absolute atomic E-state index is 0.102. The lowest BCUT2D eigenvalue weighted by molar-refractivity contribution is -0.0192. The van der Waals surface area contributed by atoms with Crippen molar-refractivity contribution in [2.45, 2.75) is 38.4 Å². The van der Waals surface area contributed by atoms with Crippen molar-refractivity contribution in [2.75, 3.05) is 19.9 Å². The van der Waals surface area contributed by atoms with Gasteiger partial charge in [-0.25, -0.2) is 0 Å². The first kappa shape index (κ1) is 18.6. The van der Waals surface area contributed by atoms with Crippen LogP contribution >= 0.6 is 0 Å². The molecule has 2 aliphatic rings. The van der Waals surface area contributed by atoms with Crippen molar-refractivity contribution in [3.05, 3.63) is 53.6 Å². The van der Waals surface area contributed by atoms with E-state index in [1.54, 1.807) is 23.1 Å². The summed E-state index contributed by atoms with van der Waals surface area (Å²) in [5.74, 6) is 2.24. The van der Waals surface area contributed by atoms with E-state index in [0.717, 1.165) is 0 Å². The van der Waals surface area contributed by atoms with Gasteiger partial charge in [-0.3, -0.25) is 4.79 Å². The first-order valence-corrected chi connectivity index (χ1v) is 9.65. The second kappa shape index (κ2) is 7.72. The van der Waals surface area contributed by atoms with Gasteiger partial charge in [0.15, 0.2) is 11.5 Å². The maximum absolute atomic E-state index is 12.9. The Hall–Kier alpha value is -2.73. The number of hydrogen-bond donors (Lipinski definition) is 1. The molecule has 0 aliphatic carbocycles. The van der Waals surface area contributed by atoms with Crippen LogP contribution in [0.15, 0.2) is 42.5 Å². The Balaban J connectivity index is 1.47. The van der Waals surface area contributed by atoms with Gasteiger partial charge in [0.1, 0.15) is 11.9 Å². The van der Waals surface area contributed by atoms with Crippen LogP contribution in [0.2, 0.25) is 0 Å². The third-order valence-electron chi connectivity index (χ3n) is 5.24. The van der Waals surface area contributed by atoms with E-state index in [1.165, 1.54) is 5.56 Å². The van der Waals surface area contributed by atoms with Crippen molar-refractivity contribution in [1.29, 1.82) is 0 Å². The van der Waals surface area contributed by atoms with Gasteiger partial charge in [-0.15, -0.1) is 0 Å². The van der Waals surface area contributed by atoms with E-state index in [-0.39, 0.29) is 12.7 Å². The topological polar surface area (TPSA) is 68.2 Å². The number of nitrogens with zero attached hydrogens (tertiary/aromatic N) is 1. The van der Waals surface area contributed by atoms with Crippen molar-refractivity contribution in [3.63, 3.8) is 0 Å². The highest BCUT2D eigenvalue weighted by molar-refractivity contribution is 5.95. The molecule has 6 nitrogen and oxygen atoms in total. The number of aliphatic hydroxyl groups is 1. The van der Waals surface area contributed by atoms with E-state index in [2.05, 4.69) is 19.9 Å². The Morgan fingerprint density at radius 3 is 2.82 bits per heavy atom. The zero-order valence-corrected chi connectivity index (χ0v) is 16.1. The van der Waals surface area contributed by atoms with Gasteiger partial charge in [0.05, 0.1) is 12.6 Å². The van der Waals surface area contributed by atoms with Gasteiger partial charge in [-0.1, -0.05) is 26.0 Å². The molecule has 1 saturated heterocycles. The summed E-state index contributed by atoms with van der Waals surface area (Å²) in [6, 6.07) is 13.1. The van der Waals surface area contributed by atoms with Crippen LogP contribution in [0.5, 0.6) is 17.2 Å². The first-order valence-electron chi connectivity index (χ1n) is 9.65. The van der Waals surface area contributed by atoms with Gasteiger partial charge < -0.3 is 24.2 Å². The van der Waals surface area contributed by atoms with Crippen LogP contribution in [-0.2, 0) is 0 Å². The van der Waals surface area contributed by atoms with Crippen LogP contribution in [0, 0.1) is 0 Å². The summed E-state index contributed by atoms with van der Waals surface area (Å²) in [6.45, 7) is 5.25. The highest BCUT2D eigenvalue weighted by Crippen LogP contribution is 2.33. The van der Waals surface area contributed by atoms with Crippen LogP contribution < -0.4 is 14.2 Å². The molecule has 1 fully saturated rings. The second-order valence-electron chi connectivity index (χ2n) is 7.56. The van der Waals surface area contributed by atoms with Crippen LogP contribution in [0.4, 0.5) is 0 Å². The average molecular weight is 383 g/mol. The van der Waals surface area contributed by atoms with Gasteiger partial charge >= 0.3 is 0 Å². The maximum Gasteiger partial charge on any atom is 0.254 e. The van der Waals surface area contributed by atoms with Crippen molar-refractivity contribution in [3.8, 4) is 17.2 Å². The maximum atomic E-state index is 12.9. The number of piperidine rings is 1. The number of aliphatic hydroxyl groups excluding tert-OH is 1. The molecule has 2 heterocycles. The Morgan fingerprint density at radius 1 is 1.18 bits per heavy atom. The summed E-state index contributed by atoms with van der Waals surface area (Å²) in [7, 11) is 0. The van der Waals surface area contributed by atoms with Crippen molar-refractivity contribution in [1.82, 2.24) is 4.90 Å². The van der Waals surface area contributed by atoms with Crippen LogP contribution in [0.25, 0.3) is 0 Å². The van der Waals surface area contributed by atoms with Crippen LogP contribution in [-0.4, -0.2) is 48.0 Å². The van der Waals surface area contributed by atoms with Gasteiger partial charge in [-0.2, -0.15) is 0 Å². The predicted molar refractivity (Wildman–Crippen MR) is 104 cm³/mol. The summed E-state index contributed by atoms with van der Waals surface area (Å²) < 4.78 is 16.7. The number of benzene rings is 2. The molecule has 2 aliphatic heterocycles. The molecule has 0 radical (unpaired) electrons. The molecule has 1 amide bonds. The van der Waals surface area contributed by atoms with Crippen molar-refractivity contribution in [2.24, 2.45) is 0 Å². The lowest BCUT2D eigenvalue weighted by Crippen LogP contribution is -2.51. The Morgan fingerprint density at radius 2 is 2.00 bits per heavy atom. The number of carbonyl (C=O) groups is 1. The normalized spacial score (nSPS) is 21.1. The van der Waals surface area contributed by atoms with Crippen molar-refractivity contribution >= 4 is 5.91 Å². The first-order chi connectivity index (χ1) is 13.5. The number of ether oxygens (including phenoxy) is 3. The van der Waals surface area contributed by atoms with Gasteiger partial charge in [0.25, 0.3) is 5.91 Å². The Labute approximate surface area is 164 Å². The molecule has 0 saturated carbocycles. The number of carbonyl (C=O) groups excluding carboxylic acids is 1. The molecular formula is C22H25NO5. The summed E-state index contributed by atoms with van der Waals surface area (Å²) in [5.41, 5.74) is 1.72. The third-order valence-corrected chi connectivity index (χ3v) is 5.24. The lowest BCUT2D eigenvalue weighted by atomic mass is 10.0. The second-order valence-corrected chi connectivity index (χ2v) is 7.56. The highest BCUT2D eigenvalue weighted by Gasteiger charge is 2.32. The van der Waals surface area contributed by atoms with Gasteiger partial charge in [0, 0.05) is 12.1 Å². The standard InChI is InChI=1S/C22H25NO5/c1-14(2)15-4-3-5-17(10-15)28-21-12-23(9-8-18(21)24)22(25)16-6-7-19-20(11-16)27-13-26-19/h3-7,10-11,14,18,21,24H,8-9,12-13H2,1-2H3/t18-,21-/m1/s1. The Kier molecular flexibility index (Phi) is 5.13. The largest absolute Gasteiger partial charge is 0.486 e. The van der Waals surface area contributed by atoms with E-state index < -0.39 is 12.2 Å². The molecule has 148 valence electrons. The number of amides is 1. The minimum atomic E-state index is -0.608. The van der Waals surface area contributed by atoms with E-state index in [0.29, 0.717) is 48.2 Å². The zero-order chi connectivity index (χ0) is 19.7. The molecule has 0 spiro atoms. The van der Waals surface area contributed by atoms with Gasteiger partial charge in [-0.05, 0) is 48.2 Å². The quantitative estimate of drug-likeness (QED) is 0.878. The summed E-state index contributed by atoms with van der Waals surface area (Å²) in [6.07, 6.45) is -0.595. The average Bonchev–Trinajstić information content (AvgIpc) is 3.17. The molecule has 28 heavy (non-hydrogen) atoms. The van der Waals surface area contributed by atoms with E-state index in [4.69, 9.17) is 14.2 Å². The van der Waals surface area contributed by atoms with Gasteiger partial charge in [0.2, 0.25) is 6.79 Å². The molecule has 6 heteroatoms. The lowest BCUT2D eigenvalue weighted by Gasteiger charge is -2.36. The zero-order valence-electron chi connectivity index (χ0n) is 16.1. The Bertz CT molecular complexity index is 866. The molecular weight excluding hydrogens is 358 g/mol. The third kappa shape index (κ3) is 3.78. The fourth-order valence-corrected chi connectivity index (χ4v) is 3.54. The molecule has 2 atom stereocenters. The number of likely N-dealkylation sites (tertiary alicyclic amines) is 1. The number of rotatable bonds is 4. The molecule has 0 bridgehead atoms. The molecule has 0 aromatic heterocycles. The van der Waals surface area contributed by atoms with E-state index in [1.807, 2.05) is 18.2 Å². The molecule has 4 rings (SSSR count). The number of hydrogen-bond acceptors (Lipinski definition) is 5. The van der Waals surface area contributed by atoms with E-state index >= 15 is 0 Å². The molecule has 0 unspecified atom stereocenters. The fraction of sp³-hybridized carbons (Fsp3) is 0.409. The van der Waals surface area contributed by atoms with Crippen LogP contribution in [0.1, 0.15) is 42.1 Å². The highest BCUT2D eigenvalue weighted by atomic mass is 16.7. The van der Waals surface area contributed by atoms with Crippen LogP contribution in [0.3, 0.4) is 0 Å². The summed E-state index contributed by atoms with van der Waals surface area (Å²) in [4.78, 5) is 14.7. The molecule has 2 aromatic rings. The molecule has 1 N–H and O–H groups in total. The van der Waals surface area contributed by atoms with E-state index in [9.17, 15) is 9.90 Å². The fourth-order valence-electron chi connectivity index (χ4n) is 3.54. The molecule has 2 aromatic carbocycles. The van der Waals surface area contributed by atoms with Crippen molar-refractivity contribution < 1.29 is 24.1 Å².